The third-order valence-corrected chi connectivity index (χ3v) is 7.43. The summed E-state index contributed by atoms with van der Waals surface area (Å²) in [5.41, 5.74) is 5.22. The summed E-state index contributed by atoms with van der Waals surface area (Å²) >= 11 is 11.8. The van der Waals surface area contributed by atoms with E-state index in [1.165, 1.54) is 12.4 Å². The molecule has 0 amide bonds. The molecule has 3 heterocycles. The molecule has 42 heavy (non-hydrogen) atoms. The first-order valence-electron chi connectivity index (χ1n) is 13.5. The van der Waals surface area contributed by atoms with E-state index in [4.69, 9.17) is 33.4 Å². The molecule has 7 nitrogen and oxygen atoms in total. The number of ketones is 1. The molecular weight excluding hydrogens is 569 g/mol. The van der Waals surface area contributed by atoms with Crippen LogP contribution in [0.1, 0.15) is 54.4 Å². The maximum atomic E-state index is 12.1. The highest BCUT2D eigenvalue weighted by Gasteiger charge is 2.22. The predicted octanol–water partition coefficient (Wildman–Crippen LogP) is 8.50. The van der Waals surface area contributed by atoms with Crippen LogP contribution in [0.4, 0.5) is 0 Å². The van der Waals surface area contributed by atoms with Gasteiger partial charge < -0.3 is 9.77 Å². The summed E-state index contributed by atoms with van der Waals surface area (Å²) in [6.07, 6.45) is 8.83. The molecular formula is C33H31Cl2N5O2. The zero-order chi connectivity index (χ0) is 30.1. The zero-order valence-electron chi connectivity index (χ0n) is 23.6. The molecule has 0 saturated carbocycles. The Kier molecular flexibility index (Phi) is 10.6. The molecule has 214 valence electrons. The van der Waals surface area contributed by atoms with Crippen molar-refractivity contribution in [3.8, 4) is 22.5 Å². The highest BCUT2D eigenvalue weighted by atomic mass is 35.5. The number of hydrogen-bond acceptors (Lipinski definition) is 6. The van der Waals surface area contributed by atoms with Gasteiger partial charge in [0.15, 0.2) is 5.71 Å². The van der Waals surface area contributed by atoms with Crippen LogP contribution >= 0.6 is 23.2 Å². The monoisotopic (exact) mass is 599 g/mol. The quantitative estimate of drug-likeness (QED) is 0.0834. The van der Waals surface area contributed by atoms with Crippen LogP contribution in [0.5, 0.6) is 0 Å². The standard InChI is InChI=1S/C20H22ClN3.C13H9ClN2O2/c1-4-14(5-2)20-23-18(15-10-12-22-13-11-15)19(24(20)3)16-6-8-17(21)9-7-16;14-11-3-1-10(2-4-11)13(17)12(16-18)9-5-7-15-8-6-9/h6-14H,4-5H2,1-3H3;1-8,18H. The molecule has 0 fully saturated rings. The van der Waals surface area contributed by atoms with Crippen LogP contribution in [0.15, 0.2) is 103 Å². The summed E-state index contributed by atoms with van der Waals surface area (Å²) in [6, 6.07) is 21.6. The van der Waals surface area contributed by atoms with Gasteiger partial charge in [0, 0.05) is 70.1 Å². The van der Waals surface area contributed by atoms with Gasteiger partial charge in [0.2, 0.25) is 5.78 Å². The Morgan fingerprint density at radius 1 is 0.786 bits per heavy atom. The molecule has 3 aromatic heterocycles. The fourth-order valence-electron chi connectivity index (χ4n) is 4.67. The highest BCUT2D eigenvalue weighted by Crippen LogP contribution is 2.36. The van der Waals surface area contributed by atoms with Crippen molar-refractivity contribution in [3.05, 3.63) is 125 Å². The third-order valence-electron chi connectivity index (χ3n) is 6.93. The van der Waals surface area contributed by atoms with Gasteiger partial charge in [-0.1, -0.05) is 54.3 Å². The summed E-state index contributed by atoms with van der Waals surface area (Å²) in [7, 11) is 2.11. The minimum Gasteiger partial charge on any atom is -0.410 e. The molecule has 0 aliphatic carbocycles. The zero-order valence-corrected chi connectivity index (χ0v) is 25.1. The van der Waals surface area contributed by atoms with E-state index in [0.717, 1.165) is 46.2 Å². The number of aromatic nitrogens is 4. The number of carbonyl (C=O) groups excluding carboxylic acids is 1. The molecule has 9 heteroatoms. The third kappa shape index (κ3) is 7.11. The van der Waals surface area contributed by atoms with Crippen LogP contribution in [-0.2, 0) is 7.05 Å². The van der Waals surface area contributed by atoms with Crippen LogP contribution in [0.3, 0.4) is 0 Å². The van der Waals surface area contributed by atoms with Gasteiger partial charge in [-0.25, -0.2) is 4.98 Å². The van der Waals surface area contributed by atoms with Gasteiger partial charge in [-0.3, -0.25) is 14.8 Å². The Labute approximate surface area is 255 Å². The Hall–Kier alpha value is -4.33. The maximum Gasteiger partial charge on any atom is 0.215 e. The molecule has 0 spiro atoms. The molecule has 0 saturated heterocycles. The van der Waals surface area contributed by atoms with Crippen LogP contribution in [0, 0.1) is 0 Å². The van der Waals surface area contributed by atoms with Crippen molar-refractivity contribution < 1.29 is 10.0 Å². The van der Waals surface area contributed by atoms with Crippen molar-refractivity contribution >= 4 is 34.7 Å². The minimum atomic E-state index is -0.375. The first-order valence-corrected chi connectivity index (χ1v) is 14.3. The van der Waals surface area contributed by atoms with Crippen LogP contribution in [-0.4, -0.2) is 36.2 Å². The van der Waals surface area contributed by atoms with Crippen LogP contribution < -0.4 is 0 Å². The molecule has 0 aliphatic heterocycles. The Morgan fingerprint density at radius 2 is 1.31 bits per heavy atom. The van der Waals surface area contributed by atoms with E-state index >= 15 is 0 Å². The van der Waals surface area contributed by atoms with Gasteiger partial charge in [-0.05, 0) is 73.5 Å². The van der Waals surface area contributed by atoms with Crippen LogP contribution in [0.2, 0.25) is 10.0 Å². The molecule has 0 radical (unpaired) electrons. The fraction of sp³-hybridized carbons (Fsp3) is 0.182. The van der Waals surface area contributed by atoms with Crippen molar-refractivity contribution in [1.82, 2.24) is 19.5 Å². The molecule has 0 atom stereocenters. The maximum absolute atomic E-state index is 12.1. The SMILES string of the molecule is CCC(CC)c1nc(-c2ccncc2)c(-c2ccc(Cl)cc2)n1C.O=C(C(=NO)c1ccncc1)c1ccc(Cl)cc1. The molecule has 0 unspecified atom stereocenters. The largest absolute Gasteiger partial charge is 0.410 e. The number of pyridine rings is 2. The predicted molar refractivity (Wildman–Crippen MR) is 169 cm³/mol. The minimum absolute atomic E-state index is 0.0280. The van der Waals surface area contributed by atoms with Crippen molar-refractivity contribution in [3.63, 3.8) is 0 Å². The summed E-state index contributed by atoms with van der Waals surface area (Å²) in [6.45, 7) is 4.44. The smallest absolute Gasteiger partial charge is 0.215 e. The molecule has 5 aromatic rings. The summed E-state index contributed by atoms with van der Waals surface area (Å²) in [5.74, 6) is 1.22. The Balaban J connectivity index is 0.000000201. The highest BCUT2D eigenvalue weighted by molar-refractivity contribution is 6.51. The fourth-order valence-corrected chi connectivity index (χ4v) is 4.92. The van der Waals surface area contributed by atoms with E-state index in [-0.39, 0.29) is 11.5 Å². The van der Waals surface area contributed by atoms with E-state index in [9.17, 15) is 4.79 Å². The van der Waals surface area contributed by atoms with E-state index in [2.05, 4.69) is 52.7 Å². The number of oxime groups is 1. The lowest BCUT2D eigenvalue weighted by molar-refractivity contribution is 0.106. The van der Waals surface area contributed by atoms with Gasteiger partial charge >= 0.3 is 0 Å². The van der Waals surface area contributed by atoms with Gasteiger partial charge in [-0.2, -0.15) is 0 Å². The Bertz CT molecular complexity index is 1630. The summed E-state index contributed by atoms with van der Waals surface area (Å²) < 4.78 is 2.23. The second-order valence-electron chi connectivity index (χ2n) is 9.50. The van der Waals surface area contributed by atoms with Crippen LogP contribution in [0.25, 0.3) is 22.5 Å². The van der Waals surface area contributed by atoms with E-state index in [0.29, 0.717) is 22.1 Å². The molecule has 0 aliphatic rings. The van der Waals surface area contributed by atoms with Crippen molar-refractivity contribution in [1.29, 1.82) is 0 Å². The molecule has 1 N–H and O–H groups in total. The lowest BCUT2D eigenvalue weighted by atomic mass is 10.0. The van der Waals surface area contributed by atoms with Gasteiger partial charge in [0.25, 0.3) is 0 Å². The lowest BCUT2D eigenvalue weighted by Crippen LogP contribution is -2.15. The van der Waals surface area contributed by atoms with Gasteiger partial charge in [0.05, 0.1) is 11.4 Å². The summed E-state index contributed by atoms with van der Waals surface area (Å²) in [5, 5.41) is 13.3. The number of Topliss-reactive ketones (excluding diaryl/α,β-unsaturated/α-hetero) is 1. The van der Waals surface area contributed by atoms with Crippen molar-refractivity contribution in [2.45, 2.75) is 32.6 Å². The normalized spacial score (nSPS) is 11.2. The van der Waals surface area contributed by atoms with E-state index in [1.54, 1.807) is 36.4 Å². The Morgan fingerprint density at radius 3 is 1.83 bits per heavy atom. The second-order valence-corrected chi connectivity index (χ2v) is 10.4. The number of hydrogen-bond donors (Lipinski definition) is 1. The first kappa shape index (κ1) is 30.6. The number of benzene rings is 2. The number of halogens is 2. The molecule has 0 bridgehead atoms. The van der Waals surface area contributed by atoms with Gasteiger partial charge in [-0.15, -0.1) is 0 Å². The topological polar surface area (TPSA) is 93.3 Å². The number of rotatable bonds is 8. The van der Waals surface area contributed by atoms with Crippen molar-refractivity contribution in [2.75, 3.05) is 0 Å². The average molecular weight is 601 g/mol. The van der Waals surface area contributed by atoms with Gasteiger partial charge in [0.1, 0.15) is 5.82 Å². The lowest BCUT2D eigenvalue weighted by Gasteiger charge is -2.13. The van der Waals surface area contributed by atoms with E-state index in [1.807, 2.05) is 36.7 Å². The number of nitrogens with zero attached hydrogens (tertiary/aromatic N) is 5. The average Bonchev–Trinajstić information content (AvgIpc) is 3.37. The molecule has 2 aromatic carbocycles. The molecule has 5 rings (SSSR count). The number of imidazole rings is 1. The second kappa shape index (κ2) is 14.5. The van der Waals surface area contributed by atoms with Crippen molar-refractivity contribution in [2.24, 2.45) is 12.2 Å². The number of carbonyl (C=O) groups is 1. The summed E-state index contributed by atoms with van der Waals surface area (Å²) in [4.78, 5) is 25.1. The first-order chi connectivity index (χ1) is 20.4. The van der Waals surface area contributed by atoms with E-state index < -0.39 is 0 Å².